The zero-order chi connectivity index (χ0) is 20.1. The molecule has 0 aliphatic heterocycles. The van der Waals surface area contributed by atoms with Crippen molar-refractivity contribution >= 4 is 47.5 Å². The molecule has 0 aliphatic carbocycles. The Morgan fingerprint density at radius 3 is 2.46 bits per heavy atom. The van der Waals surface area contributed by atoms with E-state index in [0.29, 0.717) is 13.0 Å². The minimum Gasteiger partial charge on any atom is -0.469 e. The zero-order valence-corrected chi connectivity index (χ0v) is 20.4. The molecule has 0 saturated carbocycles. The lowest BCUT2D eigenvalue weighted by molar-refractivity contribution is -0.140. The molecule has 2 N–H and O–H groups in total. The summed E-state index contributed by atoms with van der Waals surface area (Å²) in [6, 6.07) is 8.14. The molecular weight excluding hydrogens is 491 g/mol. The maximum absolute atomic E-state index is 11.1. The van der Waals surface area contributed by atoms with Crippen LogP contribution in [0.25, 0.3) is 0 Å². The van der Waals surface area contributed by atoms with Crippen LogP contribution in [-0.4, -0.2) is 57.2 Å². The first-order chi connectivity index (χ1) is 13.1. The first kappa shape index (κ1) is 26.9. The molecule has 1 unspecified atom stereocenters. The quantitative estimate of drug-likeness (QED) is 0.151. The molecule has 6 nitrogen and oxygen atoms in total. The van der Waals surface area contributed by atoms with Gasteiger partial charge in [-0.25, -0.2) is 0 Å². The van der Waals surface area contributed by atoms with Gasteiger partial charge in [0.2, 0.25) is 0 Å². The Morgan fingerprint density at radius 1 is 1.21 bits per heavy atom. The molecule has 28 heavy (non-hydrogen) atoms. The molecule has 160 valence electrons. The number of aliphatic imine (C=N–C) groups is 1. The van der Waals surface area contributed by atoms with E-state index in [1.807, 2.05) is 18.2 Å². The molecule has 1 rings (SSSR count). The summed E-state index contributed by atoms with van der Waals surface area (Å²) in [5, 5.41) is 7.47. The number of ether oxygens (including phenoxy) is 1. The van der Waals surface area contributed by atoms with Crippen LogP contribution in [0.4, 0.5) is 0 Å². The van der Waals surface area contributed by atoms with E-state index in [0.717, 1.165) is 49.0 Å². The summed E-state index contributed by atoms with van der Waals surface area (Å²) in [6.07, 6.45) is 2.11. The molecule has 0 spiro atoms. The summed E-state index contributed by atoms with van der Waals surface area (Å²) in [4.78, 5) is 17.8. The second kappa shape index (κ2) is 15.8. The second-order valence-corrected chi connectivity index (χ2v) is 6.58. The molecule has 0 aliphatic rings. The number of halogens is 2. The summed E-state index contributed by atoms with van der Waals surface area (Å²) in [6.45, 7) is 7.64. The SMILES string of the molecule is CCN(CC)C(CNC(=NC)NCCCCC(=O)OC)c1ccccc1Cl.I. The van der Waals surface area contributed by atoms with Crippen LogP contribution in [0.2, 0.25) is 5.02 Å². The molecule has 1 atom stereocenters. The minimum atomic E-state index is -0.167. The highest BCUT2D eigenvalue weighted by molar-refractivity contribution is 14.0. The monoisotopic (exact) mass is 524 g/mol. The van der Waals surface area contributed by atoms with Gasteiger partial charge in [0.1, 0.15) is 0 Å². The number of carbonyl (C=O) groups is 1. The second-order valence-electron chi connectivity index (χ2n) is 6.17. The lowest BCUT2D eigenvalue weighted by Gasteiger charge is -2.31. The number of esters is 1. The van der Waals surface area contributed by atoms with Crippen molar-refractivity contribution in [1.82, 2.24) is 15.5 Å². The molecule has 1 aromatic carbocycles. The van der Waals surface area contributed by atoms with Crippen molar-refractivity contribution in [2.24, 2.45) is 4.99 Å². The van der Waals surface area contributed by atoms with E-state index >= 15 is 0 Å². The summed E-state index contributed by atoms with van der Waals surface area (Å²) in [7, 11) is 3.17. The normalized spacial score (nSPS) is 12.3. The number of hydrogen-bond donors (Lipinski definition) is 2. The maximum atomic E-state index is 11.1. The van der Waals surface area contributed by atoms with Gasteiger partial charge < -0.3 is 15.4 Å². The Balaban J connectivity index is 0.00000729. The van der Waals surface area contributed by atoms with Gasteiger partial charge in [-0.15, -0.1) is 24.0 Å². The number of likely N-dealkylation sites (N-methyl/N-ethyl adjacent to an activating group) is 1. The first-order valence-corrected chi connectivity index (χ1v) is 9.94. The van der Waals surface area contributed by atoms with E-state index in [4.69, 9.17) is 11.6 Å². The number of unbranched alkanes of at least 4 members (excludes halogenated alkanes) is 1. The van der Waals surface area contributed by atoms with Crippen LogP contribution >= 0.6 is 35.6 Å². The Labute approximate surface area is 191 Å². The number of rotatable bonds is 11. The van der Waals surface area contributed by atoms with Gasteiger partial charge in [0, 0.05) is 31.6 Å². The van der Waals surface area contributed by atoms with E-state index < -0.39 is 0 Å². The van der Waals surface area contributed by atoms with Crippen molar-refractivity contribution in [2.45, 2.75) is 39.2 Å². The molecule has 0 amide bonds. The van der Waals surface area contributed by atoms with Gasteiger partial charge in [-0.1, -0.05) is 43.6 Å². The molecule has 0 heterocycles. The van der Waals surface area contributed by atoms with Crippen LogP contribution in [0, 0.1) is 0 Å². The highest BCUT2D eigenvalue weighted by atomic mass is 127. The number of benzene rings is 1. The van der Waals surface area contributed by atoms with E-state index in [-0.39, 0.29) is 36.0 Å². The van der Waals surface area contributed by atoms with Crippen LogP contribution < -0.4 is 10.6 Å². The number of hydrogen-bond acceptors (Lipinski definition) is 4. The minimum absolute atomic E-state index is 0. The smallest absolute Gasteiger partial charge is 0.305 e. The van der Waals surface area contributed by atoms with Gasteiger partial charge in [-0.2, -0.15) is 0 Å². The van der Waals surface area contributed by atoms with Crippen LogP contribution in [0.5, 0.6) is 0 Å². The molecular formula is C20H34ClIN4O2. The van der Waals surface area contributed by atoms with Gasteiger partial charge in [-0.05, 0) is 37.6 Å². The summed E-state index contributed by atoms with van der Waals surface area (Å²) in [5.41, 5.74) is 1.11. The lowest BCUT2D eigenvalue weighted by atomic mass is 10.0. The number of guanidine groups is 1. The zero-order valence-electron chi connectivity index (χ0n) is 17.3. The summed E-state index contributed by atoms with van der Waals surface area (Å²) in [5.74, 6) is 0.580. The standard InChI is InChI=1S/C20H33ClN4O2.HI/c1-5-25(6-2)18(16-11-7-8-12-17(16)21)15-24-20(22-3)23-14-10-9-13-19(26)27-4;/h7-8,11-12,18H,5-6,9-10,13-15H2,1-4H3,(H2,22,23,24);1H. The first-order valence-electron chi connectivity index (χ1n) is 9.57. The Morgan fingerprint density at radius 2 is 1.89 bits per heavy atom. The summed E-state index contributed by atoms with van der Waals surface area (Å²) >= 11 is 6.44. The predicted molar refractivity (Wildman–Crippen MR) is 128 cm³/mol. The van der Waals surface area contributed by atoms with E-state index in [9.17, 15) is 4.79 Å². The average molecular weight is 525 g/mol. The molecule has 0 bridgehead atoms. The van der Waals surface area contributed by atoms with E-state index in [1.165, 1.54) is 7.11 Å². The highest BCUT2D eigenvalue weighted by Crippen LogP contribution is 2.26. The third kappa shape index (κ3) is 9.43. The average Bonchev–Trinajstić information content (AvgIpc) is 2.69. The predicted octanol–water partition coefficient (Wildman–Crippen LogP) is 3.85. The van der Waals surface area contributed by atoms with Gasteiger partial charge in [-0.3, -0.25) is 14.7 Å². The highest BCUT2D eigenvalue weighted by Gasteiger charge is 2.20. The van der Waals surface area contributed by atoms with E-state index in [2.05, 4.69) is 45.2 Å². The largest absolute Gasteiger partial charge is 0.469 e. The van der Waals surface area contributed by atoms with Crippen molar-refractivity contribution < 1.29 is 9.53 Å². The van der Waals surface area contributed by atoms with Gasteiger partial charge in [0.25, 0.3) is 0 Å². The van der Waals surface area contributed by atoms with Gasteiger partial charge in [0.15, 0.2) is 5.96 Å². The molecule has 0 radical (unpaired) electrons. The number of nitrogens with zero attached hydrogens (tertiary/aromatic N) is 2. The van der Waals surface area contributed by atoms with Crippen LogP contribution in [0.1, 0.15) is 44.7 Å². The topological polar surface area (TPSA) is 66.0 Å². The molecule has 0 saturated heterocycles. The van der Waals surface area contributed by atoms with Crippen molar-refractivity contribution in [1.29, 1.82) is 0 Å². The van der Waals surface area contributed by atoms with Gasteiger partial charge >= 0.3 is 5.97 Å². The Bertz CT molecular complexity index is 597. The maximum Gasteiger partial charge on any atom is 0.305 e. The third-order valence-corrected chi connectivity index (χ3v) is 4.88. The number of methoxy groups -OCH3 is 1. The van der Waals surface area contributed by atoms with Crippen molar-refractivity contribution in [3.63, 3.8) is 0 Å². The fourth-order valence-electron chi connectivity index (χ4n) is 2.96. The van der Waals surface area contributed by atoms with Gasteiger partial charge in [0.05, 0.1) is 13.2 Å². The molecule has 0 fully saturated rings. The van der Waals surface area contributed by atoms with Crippen LogP contribution in [0.15, 0.2) is 29.3 Å². The molecule has 8 heteroatoms. The van der Waals surface area contributed by atoms with Crippen molar-refractivity contribution in [3.05, 3.63) is 34.9 Å². The third-order valence-electron chi connectivity index (χ3n) is 4.53. The summed E-state index contributed by atoms with van der Waals surface area (Å²) < 4.78 is 4.65. The fourth-order valence-corrected chi connectivity index (χ4v) is 3.22. The van der Waals surface area contributed by atoms with Crippen LogP contribution in [0.3, 0.4) is 0 Å². The Hall–Kier alpha value is -1.06. The van der Waals surface area contributed by atoms with Crippen LogP contribution in [-0.2, 0) is 9.53 Å². The number of nitrogens with one attached hydrogen (secondary N) is 2. The van der Waals surface area contributed by atoms with Crippen molar-refractivity contribution in [3.8, 4) is 0 Å². The van der Waals surface area contributed by atoms with E-state index in [1.54, 1.807) is 7.05 Å². The molecule has 0 aromatic heterocycles. The Kier molecular flexibility index (Phi) is 15.2. The number of carbonyl (C=O) groups excluding carboxylic acids is 1. The fraction of sp³-hybridized carbons (Fsp3) is 0.600. The lowest BCUT2D eigenvalue weighted by Crippen LogP contribution is -2.43. The van der Waals surface area contributed by atoms with Crippen molar-refractivity contribution in [2.75, 3.05) is 40.3 Å². The molecule has 1 aromatic rings.